The first kappa shape index (κ1) is 23.0. The normalized spacial score (nSPS) is 11.0. The molecule has 0 aliphatic carbocycles. The number of nitrogens with zero attached hydrogens (tertiary/aromatic N) is 6. The summed E-state index contributed by atoms with van der Waals surface area (Å²) in [7, 11) is 0. The van der Waals surface area contributed by atoms with Crippen LogP contribution in [-0.4, -0.2) is 29.1 Å². The minimum Gasteiger partial charge on any atom is -0.301 e. The van der Waals surface area contributed by atoms with Gasteiger partial charge in [0.15, 0.2) is 0 Å². The summed E-state index contributed by atoms with van der Waals surface area (Å²) in [5, 5.41) is 8.84. The monoisotopic (exact) mass is 655 g/mol. The van der Waals surface area contributed by atoms with E-state index in [-0.39, 0.29) is 20.1 Å². The summed E-state index contributed by atoms with van der Waals surface area (Å²) >= 11 is 0. The zero-order valence-electron chi connectivity index (χ0n) is 19.4. The van der Waals surface area contributed by atoms with Gasteiger partial charge in [-0.1, -0.05) is 52.9 Å². The Morgan fingerprint density at radius 2 is 1.30 bits per heavy atom. The van der Waals surface area contributed by atoms with Gasteiger partial charge < -0.3 is 9.55 Å². The summed E-state index contributed by atoms with van der Waals surface area (Å²) in [6, 6.07) is 36.8. The molecule has 37 heavy (non-hydrogen) atoms. The van der Waals surface area contributed by atoms with Crippen LogP contribution in [0.25, 0.3) is 55.1 Å². The summed E-state index contributed by atoms with van der Waals surface area (Å²) < 4.78 is 3.90. The average molecular weight is 655 g/mol. The zero-order chi connectivity index (χ0) is 23.9. The number of hydrogen-bond donors (Lipinski definition) is 0. The minimum atomic E-state index is 0. The van der Waals surface area contributed by atoms with Gasteiger partial charge in [0.05, 0.1) is 16.6 Å². The Morgan fingerprint density at radius 1 is 0.595 bits per heavy atom. The summed E-state index contributed by atoms with van der Waals surface area (Å²) in [4.78, 5) is 13.3. The molecular formula is C30H18IrN6-2. The van der Waals surface area contributed by atoms with Crippen LogP contribution < -0.4 is 0 Å². The SMILES string of the molecule is [Ir].[c-]1cccc2c1c1nccnc1c1ccccc21.[c-]1ccccc1-n1c2ccccc2n2ncnc12. The van der Waals surface area contributed by atoms with Crippen LogP contribution in [0.5, 0.6) is 0 Å². The molecule has 0 bridgehead atoms. The van der Waals surface area contributed by atoms with E-state index in [9.17, 15) is 0 Å². The van der Waals surface area contributed by atoms with Crippen molar-refractivity contribution in [3.05, 3.63) is 122 Å². The van der Waals surface area contributed by atoms with E-state index < -0.39 is 0 Å². The molecule has 8 aromatic rings. The van der Waals surface area contributed by atoms with Gasteiger partial charge in [-0.2, -0.15) is 38.9 Å². The van der Waals surface area contributed by atoms with Gasteiger partial charge in [0.2, 0.25) is 5.78 Å². The Hall–Kier alpha value is -4.45. The van der Waals surface area contributed by atoms with Crippen LogP contribution in [-0.2, 0) is 20.1 Å². The van der Waals surface area contributed by atoms with Gasteiger partial charge in [-0.05, 0) is 17.5 Å². The van der Waals surface area contributed by atoms with E-state index in [4.69, 9.17) is 0 Å². The molecule has 0 aliphatic heterocycles. The molecule has 179 valence electrons. The van der Waals surface area contributed by atoms with Crippen molar-refractivity contribution in [1.29, 1.82) is 0 Å². The van der Waals surface area contributed by atoms with Gasteiger partial charge in [-0.3, -0.25) is 4.98 Å². The third-order valence-corrected chi connectivity index (χ3v) is 6.28. The maximum Gasteiger partial charge on any atom is 0.236 e. The van der Waals surface area contributed by atoms with E-state index >= 15 is 0 Å². The van der Waals surface area contributed by atoms with Crippen molar-refractivity contribution in [2.45, 2.75) is 0 Å². The fraction of sp³-hybridized carbons (Fsp3) is 0. The van der Waals surface area contributed by atoms with Crippen molar-refractivity contribution in [1.82, 2.24) is 29.1 Å². The Morgan fingerprint density at radius 3 is 2.14 bits per heavy atom. The maximum atomic E-state index is 4.48. The number of imidazole rings is 1. The van der Waals surface area contributed by atoms with Crippen LogP contribution >= 0.6 is 0 Å². The van der Waals surface area contributed by atoms with Crippen molar-refractivity contribution in [3.8, 4) is 5.69 Å². The van der Waals surface area contributed by atoms with Gasteiger partial charge >= 0.3 is 0 Å². The first-order valence-electron chi connectivity index (χ1n) is 11.6. The summed E-state index contributed by atoms with van der Waals surface area (Å²) in [6.45, 7) is 0. The number of para-hydroxylation sites is 3. The van der Waals surface area contributed by atoms with E-state index in [0.29, 0.717) is 0 Å². The van der Waals surface area contributed by atoms with Crippen LogP contribution in [0.3, 0.4) is 0 Å². The number of rotatable bonds is 1. The molecule has 5 aromatic carbocycles. The second-order valence-electron chi connectivity index (χ2n) is 8.30. The molecule has 3 heterocycles. The van der Waals surface area contributed by atoms with Crippen molar-refractivity contribution >= 4 is 49.4 Å². The summed E-state index contributed by atoms with van der Waals surface area (Å²) in [5.41, 5.74) is 4.96. The smallest absolute Gasteiger partial charge is 0.236 e. The van der Waals surface area contributed by atoms with E-state index in [2.05, 4.69) is 67.1 Å². The number of benzene rings is 5. The van der Waals surface area contributed by atoms with E-state index in [0.717, 1.165) is 44.3 Å². The molecule has 0 spiro atoms. The third kappa shape index (κ3) is 3.76. The van der Waals surface area contributed by atoms with Crippen LogP contribution in [0.1, 0.15) is 0 Å². The molecule has 0 aliphatic rings. The quantitative estimate of drug-likeness (QED) is 0.156. The molecule has 1 radical (unpaired) electrons. The molecule has 3 aromatic heterocycles. The third-order valence-electron chi connectivity index (χ3n) is 6.28. The molecule has 0 amide bonds. The number of fused-ring (bicyclic) bond motifs is 9. The minimum absolute atomic E-state index is 0. The molecule has 0 saturated carbocycles. The Labute approximate surface area is 225 Å². The van der Waals surface area contributed by atoms with Crippen molar-refractivity contribution < 1.29 is 20.1 Å². The van der Waals surface area contributed by atoms with E-state index in [1.165, 1.54) is 10.8 Å². The number of hydrogen-bond acceptors (Lipinski definition) is 4. The van der Waals surface area contributed by atoms with Crippen LogP contribution in [0.2, 0.25) is 0 Å². The van der Waals surface area contributed by atoms with Gasteiger partial charge in [0.25, 0.3) is 0 Å². The standard InChI is InChI=1S/C16H9N2.C14H9N4.Ir/c1-3-7-13-11(5-1)12-6-2-4-8-14(12)16-15(13)17-9-10-18-16;1-2-6-11(7-3-1)17-12-8-4-5-9-13(12)18-14(17)15-10-16-18;/h1-7,9-10H;1-6,8-10H;/q2*-1;. The van der Waals surface area contributed by atoms with Crippen molar-refractivity contribution in [2.75, 3.05) is 0 Å². The van der Waals surface area contributed by atoms with Crippen LogP contribution in [0.4, 0.5) is 0 Å². The predicted molar refractivity (Wildman–Crippen MR) is 142 cm³/mol. The van der Waals surface area contributed by atoms with Crippen molar-refractivity contribution in [3.63, 3.8) is 0 Å². The molecule has 0 atom stereocenters. The molecule has 7 heteroatoms. The maximum absolute atomic E-state index is 4.48. The fourth-order valence-corrected chi connectivity index (χ4v) is 4.76. The summed E-state index contributed by atoms with van der Waals surface area (Å²) in [6.07, 6.45) is 5.04. The molecular weight excluding hydrogens is 637 g/mol. The van der Waals surface area contributed by atoms with Gasteiger partial charge in [-0.15, -0.1) is 35.7 Å². The van der Waals surface area contributed by atoms with E-state index in [1.54, 1.807) is 18.7 Å². The first-order valence-corrected chi connectivity index (χ1v) is 11.6. The zero-order valence-corrected chi connectivity index (χ0v) is 21.8. The predicted octanol–water partition coefficient (Wildman–Crippen LogP) is 6.21. The second kappa shape index (κ2) is 9.54. The molecule has 0 N–H and O–H groups in total. The average Bonchev–Trinajstić information content (AvgIpc) is 3.55. The second-order valence-corrected chi connectivity index (χ2v) is 8.30. The van der Waals surface area contributed by atoms with Crippen LogP contribution in [0, 0.1) is 12.1 Å². The van der Waals surface area contributed by atoms with Gasteiger partial charge in [-0.25, -0.2) is 0 Å². The fourth-order valence-electron chi connectivity index (χ4n) is 4.76. The van der Waals surface area contributed by atoms with Gasteiger partial charge in [0, 0.05) is 38.0 Å². The first-order chi connectivity index (χ1) is 17.9. The van der Waals surface area contributed by atoms with Gasteiger partial charge in [0.1, 0.15) is 6.33 Å². The van der Waals surface area contributed by atoms with E-state index in [1.807, 2.05) is 65.2 Å². The van der Waals surface area contributed by atoms with Crippen LogP contribution in [0.15, 0.2) is 110 Å². The largest absolute Gasteiger partial charge is 0.301 e. The summed E-state index contributed by atoms with van der Waals surface area (Å²) in [5.74, 6) is 0.804. The molecule has 0 saturated heterocycles. The number of aromatic nitrogens is 6. The van der Waals surface area contributed by atoms with Crippen molar-refractivity contribution in [2.24, 2.45) is 0 Å². The molecule has 6 nitrogen and oxygen atoms in total. The Balaban J connectivity index is 0.000000133. The topological polar surface area (TPSA) is 60.9 Å². The Bertz CT molecular complexity index is 1790. The molecule has 8 rings (SSSR count). The molecule has 0 fully saturated rings. The molecule has 0 unspecified atom stereocenters. The Kier molecular flexibility index (Phi) is 5.93.